The molecule has 6 nitrogen and oxygen atoms in total. The van der Waals surface area contributed by atoms with Crippen LogP contribution in [0.4, 0.5) is 14.6 Å². The first-order chi connectivity index (χ1) is 8.22. The normalized spacial score (nSPS) is 11.3. The van der Waals surface area contributed by atoms with Crippen LogP contribution in [0.15, 0.2) is 12.4 Å². The largest absolute Gasteiger partial charge is 0.349 e. The second-order valence-electron chi connectivity index (χ2n) is 3.24. The summed E-state index contributed by atoms with van der Waals surface area (Å²) in [7, 11) is 0. The van der Waals surface area contributed by atoms with Crippen LogP contribution in [0.25, 0.3) is 5.65 Å². The second-order valence-corrected chi connectivity index (χ2v) is 4.03. The summed E-state index contributed by atoms with van der Waals surface area (Å²) in [6.07, 6.45) is 0.507. The summed E-state index contributed by atoms with van der Waals surface area (Å²) >= 11 is 3.22. The number of halogens is 3. The van der Waals surface area contributed by atoms with Crippen LogP contribution in [-0.4, -0.2) is 49.9 Å². The molecule has 2 aromatic heterocycles. The van der Waals surface area contributed by atoms with E-state index in [1.165, 1.54) is 21.8 Å². The van der Waals surface area contributed by atoms with Crippen molar-refractivity contribution in [2.45, 2.75) is 6.43 Å². The average Bonchev–Trinajstić information content (AvgIpc) is 2.75. The van der Waals surface area contributed by atoms with Gasteiger partial charge in [-0.05, 0) is 10.4 Å². The van der Waals surface area contributed by atoms with Crippen LogP contribution >= 0.6 is 15.9 Å². The molecule has 2 rings (SSSR count). The molecule has 0 saturated heterocycles. The van der Waals surface area contributed by atoms with Crippen LogP contribution in [-0.2, 0) is 0 Å². The van der Waals surface area contributed by atoms with E-state index in [0.717, 1.165) is 0 Å². The minimum atomic E-state index is -2.43. The highest BCUT2D eigenvalue weighted by molar-refractivity contribution is 9.09. The Hall–Kier alpha value is -1.38. The number of hydrogen-bond donors (Lipinski definition) is 0. The third kappa shape index (κ3) is 2.65. The molecule has 0 aliphatic rings. The molecule has 2 heterocycles. The maximum atomic E-state index is 12.5. The molecule has 0 fully saturated rings. The van der Waals surface area contributed by atoms with Crippen LogP contribution in [0.3, 0.4) is 0 Å². The van der Waals surface area contributed by atoms with Crippen LogP contribution in [0.5, 0.6) is 0 Å². The Labute approximate surface area is 104 Å². The van der Waals surface area contributed by atoms with Crippen LogP contribution in [0.1, 0.15) is 0 Å². The lowest BCUT2D eigenvalue weighted by atomic mass is 10.4. The number of anilines is 1. The highest BCUT2D eigenvalue weighted by atomic mass is 79.9. The molecule has 0 spiro atoms. The van der Waals surface area contributed by atoms with E-state index in [1.54, 1.807) is 0 Å². The SMILES string of the molecule is FC(F)CN(CCBr)c1cncc2nnnn12. The Bertz CT molecular complexity index is 490. The van der Waals surface area contributed by atoms with Crippen molar-refractivity contribution in [1.29, 1.82) is 0 Å². The number of nitrogens with zero attached hydrogens (tertiary/aromatic N) is 6. The third-order valence-electron chi connectivity index (χ3n) is 2.13. The Balaban J connectivity index is 2.36. The first kappa shape index (κ1) is 12.1. The Morgan fingerprint density at radius 3 is 2.94 bits per heavy atom. The molecule has 92 valence electrons. The highest BCUT2D eigenvalue weighted by Crippen LogP contribution is 2.14. The van der Waals surface area contributed by atoms with Gasteiger partial charge in [0.15, 0.2) is 11.5 Å². The fraction of sp³-hybridized carbons (Fsp3) is 0.500. The minimum absolute atomic E-state index is 0.383. The van der Waals surface area contributed by atoms with Crippen LogP contribution < -0.4 is 4.90 Å². The van der Waals surface area contributed by atoms with Gasteiger partial charge >= 0.3 is 0 Å². The average molecular weight is 307 g/mol. The standard InChI is InChI=1S/C8H9BrF2N6/c9-1-2-16(5-6(10)11)8-4-12-3-7-13-14-15-17(7)8/h3-4,6H,1-2,5H2. The Morgan fingerprint density at radius 1 is 1.41 bits per heavy atom. The molecule has 0 aliphatic heterocycles. The van der Waals surface area contributed by atoms with Gasteiger partial charge in [-0.25, -0.2) is 8.78 Å². The van der Waals surface area contributed by atoms with E-state index in [4.69, 9.17) is 0 Å². The van der Waals surface area contributed by atoms with Gasteiger partial charge in [0.05, 0.1) is 18.9 Å². The van der Waals surface area contributed by atoms with E-state index in [0.29, 0.717) is 23.3 Å². The number of fused-ring (bicyclic) bond motifs is 1. The highest BCUT2D eigenvalue weighted by Gasteiger charge is 2.16. The van der Waals surface area contributed by atoms with Crippen molar-refractivity contribution in [2.24, 2.45) is 0 Å². The summed E-state index contributed by atoms with van der Waals surface area (Å²) in [5.74, 6) is 0.451. The van der Waals surface area contributed by atoms with Gasteiger partial charge in [-0.3, -0.25) is 4.98 Å². The monoisotopic (exact) mass is 306 g/mol. The molecule has 2 aromatic rings. The fourth-order valence-corrected chi connectivity index (χ4v) is 1.87. The lowest BCUT2D eigenvalue weighted by molar-refractivity contribution is 0.155. The van der Waals surface area contributed by atoms with E-state index >= 15 is 0 Å². The summed E-state index contributed by atoms with van der Waals surface area (Å²) in [5.41, 5.74) is 0.427. The van der Waals surface area contributed by atoms with Crippen LogP contribution in [0.2, 0.25) is 0 Å². The van der Waals surface area contributed by atoms with Gasteiger partial charge in [0.1, 0.15) is 0 Å². The van der Waals surface area contributed by atoms with Gasteiger partial charge in [0.2, 0.25) is 0 Å². The second kappa shape index (κ2) is 5.30. The van der Waals surface area contributed by atoms with Gasteiger partial charge in [0.25, 0.3) is 6.43 Å². The van der Waals surface area contributed by atoms with Gasteiger partial charge in [-0.1, -0.05) is 15.9 Å². The predicted molar refractivity (Wildman–Crippen MR) is 60.6 cm³/mol. The van der Waals surface area contributed by atoms with Gasteiger partial charge < -0.3 is 4.90 Å². The molecule has 0 bridgehead atoms. The molecule has 0 amide bonds. The zero-order valence-corrected chi connectivity index (χ0v) is 10.3. The van der Waals surface area contributed by atoms with E-state index in [2.05, 4.69) is 36.4 Å². The summed E-state index contributed by atoms with van der Waals surface area (Å²) in [5, 5.41) is 11.5. The summed E-state index contributed by atoms with van der Waals surface area (Å²) in [6.45, 7) is 0.0389. The predicted octanol–water partition coefficient (Wildman–Crippen LogP) is 0.986. The van der Waals surface area contributed by atoms with Crippen molar-refractivity contribution in [3.05, 3.63) is 12.4 Å². The zero-order chi connectivity index (χ0) is 12.3. The van der Waals surface area contributed by atoms with Gasteiger partial charge in [0, 0.05) is 11.9 Å². The minimum Gasteiger partial charge on any atom is -0.349 e. The number of hydrogen-bond acceptors (Lipinski definition) is 5. The Morgan fingerprint density at radius 2 is 2.24 bits per heavy atom. The van der Waals surface area contributed by atoms with E-state index in [-0.39, 0.29) is 6.54 Å². The van der Waals surface area contributed by atoms with Crippen molar-refractivity contribution in [2.75, 3.05) is 23.3 Å². The molecule has 0 radical (unpaired) electrons. The summed E-state index contributed by atoms with van der Waals surface area (Å²) in [6, 6.07) is 0. The molecule has 0 unspecified atom stereocenters. The lowest BCUT2D eigenvalue weighted by Crippen LogP contribution is -2.32. The molecule has 0 aromatic carbocycles. The quantitative estimate of drug-likeness (QED) is 0.771. The molecule has 0 N–H and O–H groups in total. The molecule has 0 atom stereocenters. The number of aromatic nitrogens is 5. The lowest BCUT2D eigenvalue weighted by Gasteiger charge is -2.22. The maximum Gasteiger partial charge on any atom is 0.255 e. The van der Waals surface area contributed by atoms with Gasteiger partial charge in [-0.15, -0.1) is 5.10 Å². The zero-order valence-electron chi connectivity index (χ0n) is 8.67. The molecule has 0 aliphatic carbocycles. The summed E-state index contributed by atoms with van der Waals surface area (Å²) in [4.78, 5) is 5.41. The van der Waals surface area contributed by atoms with E-state index in [1.807, 2.05) is 0 Å². The number of rotatable bonds is 5. The summed E-state index contributed by atoms with van der Waals surface area (Å²) < 4.78 is 26.4. The topological polar surface area (TPSA) is 59.2 Å². The first-order valence-electron chi connectivity index (χ1n) is 4.83. The molecular weight excluding hydrogens is 298 g/mol. The maximum absolute atomic E-state index is 12.5. The Kier molecular flexibility index (Phi) is 3.77. The van der Waals surface area contributed by atoms with Crippen molar-refractivity contribution >= 4 is 27.4 Å². The van der Waals surface area contributed by atoms with Crippen molar-refractivity contribution in [3.63, 3.8) is 0 Å². The number of alkyl halides is 3. The van der Waals surface area contributed by atoms with Crippen molar-refractivity contribution < 1.29 is 8.78 Å². The first-order valence-corrected chi connectivity index (χ1v) is 5.95. The third-order valence-corrected chi connectivity index (χ3v) is 2.48. The molecule has 17 heavy (non-hydrogen) atoms. The number of tetrazole rings is 1. The van der Waals surface area contributed by atoms with E-state index in [9.17, 15) is 8.78 Å². The fourth-order valence-electron chi connectivity index (χ4n) is 1.45. The van der Waals surface area contributed by atoms with Crippen molar-refractivity contribution in [3.8, 4) is 0 Å². The van der Waals surface area contributed by atoms with Crippen molar-refractivity contribution in [1.82, 2.24) is 25.0 Å². The van der Waals surface area contributed by atoms with Gasteiger partial charge in [-0.2, -0.15) is 4.52 Å². The molecular formula is C8H9BrF2N6. The van der Waals surface area contributed by atoms with Crippen LogP contribution in [0, 0.1) is 0 Å². The molecule has 0 saturated carbocycles. The molecule has 9 heteroatoms. The van der Waals surface area contributed by atoms with E-state index < -0.39 is 6.43 Å². The smallest absolute Gasteiger partial charge is 0.255 e.